The minimum absolute atomic E-state index is 0.0303. The molecule has 18 heavy (non-hydrogen) atoms. The Hall–Kier alpha value is -1.80. The summed E-state index contributed by atoms with van der Waals surface area (Å²) in [6.07, 6.45) is 0. The fourth-order valence-electron chi connectivity index (χ4n) is 2.20. The molecule has 1 unspecified atom stereocenters. The Kier molecular flexibility index (Phi) is 3.68. The Morgan fingerprint density at radius 1 is 1.06 bits per heavy atom. The van der Waals surface area contributed by atoms with Crippen LogP contribution in [0.4, 0.5) is 0 Å². The molecule has 0 radical (unpaired) electrons. The molecule has 0 aliphatic rings. The molecule has 0 aliphatic carbocycles. The van der Waals surface area contributed by atoms with Crippen molar-refractivity contribution in [2.24, 2.45) is 5.73 Å². The quantitative estimate of drug-likeness (QED) is 0.889. The second-order valence-corrected chi connectivity index (χ2v) is 4.56. The maximum absolute atomic E-state index is 6.03. The third-order valence-corrected chi connectivity index (χ3v) is 3.18. The molecular formula is C16H19NO. The summed E-state index contributed by atoms with van der Waals surface area (Å²) in [6.45, 7) is 4.10. The fraction of sp³-hybridized carbons (Fsp3) is 0.250. The molecule has 0 aromatic heterocycles. The number of rotatable bonds is 3. The van der Waals surface area contributed by atoms with Gasteiger partial charge in [-0.1, -0.05) is 30.3 Å². The van der Waals surface area contributed by atoms with Crippen LogP contribution in [-0.4, -0.2) is 7.11 Å². The van der Waals surface area contributed by atoms with E-state index in [0.717, 1.165) is 5.75 Å². The van der Waals surface area contributed by atoms with E-state index in [-0.39, 0.29) is 6.04 Å². The topological polar surface area (TPSA) is 35.2 Å². The molecule has 0 saturated heterocycles. The minimum Gasteiger partial charge on any atom is -0.497 e. The maximum atomic E-state index is 6.03. The molecule has 94 valence electrons. The lowest BCUT2D eigenvalue weighted by Gasteiger charge is -2.15. The number of aryl methyl sites for hydroxylation is 1. The third kappa shape index (κ3) is 2.39. The van der Waals surface area contributed by atoms with Crippen LogP contribution in [-0.2, 0) is 0 Å². The number of ether oxygens (including phenoxy) is 1. The van der Waals surface area contributed by atoms with Gasteiger partial charge in [0.25, 0.3) is 0 Å². The van der Waals surface area contributed by atoms with Gasteiger partial charge in [-0.2, -0.15) is 0 Å². The molecule has 0 amide bonds. The lowest BCUT2D eigenvalue weighted by molar-refractivity contribution is 0.414. The van der Waals surface area contributed by atoms with E-state index in [4.69, 9.17) is 10.5 Å². The molecule has 2 aromatic rings. The zero-order chi connectivity index (χ0) is 13.1. The summed E-state index contributed by atoms with van der Waals surface area (Å²) in [5.41, 5.74) is 10.8. The Morgan fingerprint density at radius 2 is 1.78 bits per heavy atom. The average Bonchev–Trinajstić information content (AvgIpc) is 2.38. The summed E-state index contributed by atoms with van der Waals surface area (Å²) in [6, 6.07) is 14.4. The van der Waals surface area contributed by atoms with E-state index in [0.29, 0.717) is 0 Å². The molecule has 1 atom stereocenters. The van der Waals surface area contributed by atoms with Crippen LogP contribution in [0.15, 0.2) is 42.5 Å². The maximum Gasteiger partial charge on any atom is 0.119 e. The predicted octanol–water partition coefficient (Wildman–Crippen LogP) is 3.69. The molecule has 2 heteroatoms. The van der Waals surface area contributed by atoms with Gasteiger partial charge in [0.05, 0.1) is 7.11 Å². The molecular weight excluding hydrogens is 222 g/mol. The van der Waals surface area contributed by atoms with Crippen molar-refractivity contribution in [2.45, 2.75) is 19.9 Å². The average molecular weight is 241 g/mol. The van der Waals surface area contributed by atoms with Crippen LogP contribution in [0.3, 0.4) is 0 Å². The summed E-state index contributed by atoms with van der Waals surface area (Å²) in [5.74, 6) is 0.884. The van der Waals surface area contributed by atoms with Crippen LogP contribution in [0.5, 0.6) is 5.75 Å². The largest absolute Gasteiger partial charge is 0.497 e. The third-order valence-electron chi connectivity index (χ3n) is 3.18. The second-order valence-electron chi connectivity index (χ2n) is 4.56. The Morgan fingerprint density at radius 3 is 2.39 bits per heavy atom. The molecule has 0 fully saturated rings. The first-order valence-electron chi connectivity index (χ1n) is 6.13. The van der Waals surface area contributed by atoms with E-state index in [9.17, 15) is 0 Å². The zero-order valence-corrected chi connectivity index (χ0v) is 11.1. The van der Waals surface area contributed by atoms with Crippen LogP contribution < -0.4 is 10.5 Å². The normalized spacial score (nSPS) is 12.2. The van der Waals surface area contributed by atoms with Crippen molar-refractivity contribution in [3.8, 4) is 16.9 Å². The highest BCUT2D eigenvalue weighted by Crippen LogP contribution is 2.31. The van der Waals surface area contributed by atoms with Gasteiger partial charge in [-0.15, -0.1) is 0 Å². The van der Waals surface area contributed by atoms with E-state index in [2.05, 4.69) is 25.1 Å². The van der Waals surface area contributed by atoms with E-state index in [1.165, 1.54) is 22.3 Å². The molecule has 0 saturated carbocycles. The SMILES string of the molecule is COc1ccc(-c2ccccc2C(C)N)c(C)c1. The van der Waals surface area contributed by atoms with Crippen molar-refractivity contribution in [3.63, 3.8) is 0 Å². The van der Waals surface area contributed by atoms with Crippen molar-refractivity contribution < 1.29 is 4.74 Å². The van der Waals surface area contributed by atoms with Gasteiger partial charge in [-0.05, 0) is 48.2 Å². The highest BCUT2D eigenvalue weighted by Gasteiger charge is 2.10. The lowest BCUT2D eigenvalue weighted by atomic mass is 9.93. The standard InChI is InChI=1S/C16H19NO/c1-11-10-13(18-3)8-9-14(11)16-7-5-4-6-15(16)12(2)17/h4-10,12H,17H2,1-3H3. The first-order chi connectivity index (χ1) is 8.63. The Labute approximate surface area is 108 Å². The first-order valence-corrected chi connectivity index (χ1v) is 6.13. The lowest BCUT2D eigenvalue weighted by Crippen LogP contribution is -2.06. The van der Waals surface area contributed by atoms with Gasteiger partial charge in [0.2, 0.25) is 0 Å². The van der Waals surface area contributed by atoms with E-state index in [1.807, 2.05) is 31.2 Å². The van der Waals surface area contributed by atoms with Gasteiger partial charge >= 0.3 is 0 Å². The highest BCUT2D eigenvalue weighted by atomic mass is 16.5. The van der Waals surface area contributed by atoms with Gasteiger partial charge in [0, 0.05) is 6.04 Å². The fourth-order valence-corrected chi connectivity index (χ4v) is 2.20. The molecule has 0 aliphatic heterocycles. The van der Waals surface area contributed by atoms with Crippen molar-refractivity contribution in [1.82, 2.24) is 0 Å². The number of benzene rings is 2. The second kappa shape index (κ2) is 5.23. The number of nitrogens with two attached hydrogens (primary N) is 1. The van der Waals surface area contributed by atoms with Crippen molar-refractivity contribution in [3.05, 3.63) is 53.6 Å². The van der Waals surface area contributed by atoms with Gasteiger partial charge in [0.1, 0.15) is 5.75 Å². The molecule has 2 nitrogen and oxygen atoms in total. The molecule has 0 heterocycles. The first kappa shape index (κ1) is 12.7. The molecule has 0 spiro atoms. The molecule has 2 aromatic carbocycles. The van der Waals surface area contributed by atoms with Crippen LogP contribution in [0.2, 0.25) is 0 Å². The van der Waals surface area contributed by atoms with Crippen molar-refractivity contribution in [1.29, 1.82) is 0 Å². The smallest absolute Gasteiger partial charge is 0.119 e. The number of hydrogen-bond acceptors (Lipinski definition) is 2. The van der Waals surface area contributed by atoms with Gasteiger partial charge in [0.15, 0.2) is 0 Å². The van der Waals surface area contributed by atoms with Crippen molar-refractivity contribution in [2.75, 3.05) is 7.11 Å². The predicted molar refractivity (Wildman–Crippen MR) is 75.8 cm³/mol. The Bertz CT molecular complexity index is 547. The summed E-state index contributed by atoms with van der Waals surface area (Å²) >= 11 is 0. The van der Waals surface area contributed by atoms with E-state index < -0.39 is 0 Å². The van der Waals surface area contributed by atoms with Crippen LogP contribution in [0, 0.1) is 6.92 Å². The van der Waals surface area contributed by atoms with Gasteiger partial charge in [-0.25, -0.2) is 0 Å². The van der Waals surface area contributed by atoms with Crippen LogP contribution >= 0.6 is 0 Å². The summed E-state index contributed by atoms with van der Waals surface area (Å²) < 4.78 is 5.24. The molecule has 0 bridgehead atoms. The monoisotopic (exact) mass is 241 g/mol. The number of hydrogen-bond donors (Lipinski definition) is 1. The van der Waals surface area contributed by atoms with E-state index >= 15 is 0 Å². The molecule has 2 rings (SSSR count). The Balaban J connectivity index is 2.55. The highest BCUT2D eigenvalue weighted by molar-refractivity contribution is 5.71. The summed E-state index contributed by atoms with van der Waals surface area (Å²) in [7, 11) is 1.68. The summed E-state index contributed by atoms with van der Waals surface area (Å²) in [5, 5.41) is 0. The van der Waals surface area contributed by atoms with Gasteiger partial charge in [-0.3, -0.25) is 0 Å². The van der Waals surface area contributed by atoms with Gasteiger partial charge < -0.3 is 10.5 Å². The number of methoxy groups -OCH3 is 1. The van der Waals surface area contributed by atoms with Crippen LogP contribution in [0.25, 0.3) is 11.1 Å². The minimum atomic E-state index is 0.0303. The van der Waals surface area contributed by atoms with E-state index in [1.54, 1.807) is 7.11 Å². The molecule has 2 N–H and O–H groups in total. The van der Waals surface area contributed by atoms with Crippen molar-refractivity contribution >= 4 is 0 Å². The van der Waals surface area contributed by atoms with Crippen LogP contribution in [0.1, 0.15) is 24.1 Å². The zero-order valence-electron chi connectivity index (χ0n) is 11.1. The summed E-state index contributed by atoms with van der Waals surface area (Å²) in [4.78, 5) is 0.